The molecule has 0 fully saturated rings. The summed E-state index contributed by atoms with van der Waals surface area (Å²) in [7, 11) is 1.89. The molecule has 1 atom stereocenters. The number of nitrogens with zero attached hydrogens (tertiary/aromatic N) is 1. The molecule has 1 amide bonds. The zero-order chi connectivity index (χ0) is 11.3. The third-order valence-corrected chi connectivity index (χ3v) is 2.38. The van der Waals surface area contributed by atoms with Gasteiger partial charge in [0.2, 0.25) is 0 Å². The lowest BCUT2D eigenvalue weighted by molar-refractivity contribution is -0.126. The molecule has 0 aromatic carbocycles. The van der Waals surface area contributed by atoms with Crippen molar-refractivity contribution in [3.05, 3.63) is 24.2 Å². The van der Waals surface area contributed by atoms with E-state index < -0.39 is 0 Å². The molecule has 0 saturated carbocycles. The number of rotatable bonds is 5. The molecule has 0 aliphatic carbocycles. The molecule has 0 saturated heterocycles. The lowest BCUT2D eigenvalue weighted by atomic mass is 10.1. The normalized spacial score (nSPS) is 12.8. The van der Waals surface area contributed by atoms with Crippen LogP contribution in [0.25, 0.3) is 0 Å². The van der Waals surface area contributed by atoms with Crippen molar-refractivity contribution in [3.63, 3.8) is 0 Å². The monoisotopic (exact) mass is 211 g/mol. The number of carbonyl (C=O) groups is 1. The summed E-state index contributed by atoms with van der Waals surface area (Å²) in [5.41, 5.74) is 3.21. The van der Waals surface area contributed by atoms with Gasteiger partial charge in [-0.15, -0.1) is 0 Å². The van der Waals surface area contributed by atoms with E-state index in [4.69, 9.17) is 10.3 Å². The molecule has 1 aromatic rings. The van der Waals surface area contributed by atoms with Crippen molar-refractivity contribution in [2.45, 2.75) is 25.9 Å². The van der Waals surface area contributed by atoms with Gasteiger partial charge in [0.15, 0.2) is 0 Å². The predicted octanol–water partition coefficient (Wildman–Crippen LogP) is 0.480. The quantitative estimate of drug-likeness (QED) is 0.422. The van der Waals surface area contributed by atoms with E-state index in [1.54, 1.807) is 12.5 Å². The summed E-state index contributed by atoms with van der Waals surface area (Å²) in [4.78, 5) is 13.3. The van der Waals surface area contributed by atoms with Crippen LogP contribution in [0.1, 0.15) is 18.9 Å². The Labute approximate surface area is 89.2 Å². The number of hydrogen-bond donors (Lipinski definition) is 2. The molecule has 1 unspecified atom stereocenters. The summed E-state index contributed by atoms with van der Waals surface area (Å²) < 4.78 is 4.96. The van der Waals surface area contributed by atoms with Gasteiger partial charge in [0, 0.05) is 12.1 Å². The van der Waals surface area contributed by atoms with Crippen LogP contribution in [0.15, 0.2) is 23.0 Å². The molecule has 0 aliphatic rings. The van der Waals surface area contributed by atoms with Gasteiger partial charge < -0.3 is 4.42 Å². The highest BCUT2D eigenvalue weighted by molar-refractivity contribution is 5.80. The van der Waals surface area contributed by atoms with Gasteiger partial charge in [0.05, 0.1) is 18.6 Å². The van der Waals surface area contributed by atoms with Crippen LogP contribution in [0, 0.1) is 0 Å². The number of hydrazine groups is 1. The van der Waals surface area contributed by atoms with Crippen LogP contribution < -0.4 is 11.3 Å². The van der Waals surface area contributed by atoms with E-state index in [1.807, 2.05) is 24.9 Å². The minimum Gasteiger partial charge on any atom is -0.472 e. The summed E-state index contributed by atoms with van der Waals surface area (Å²) in [5, 5.41) is 0. The molecule has 0 radical (unpaired) electrons. The minimum atomic E-state index is -0.204. The van der Waals surface area contributed by atoms with Crippen molar-refractivity contribution in [3.8, 4) is 0 Å². The predicted molar refractivity (Wildman–Crippen MR) is 56.6 cm³/mol. The number of furan rings is 1. The summed E-state index contributed by atoms with van der Waals surface area (Å²) >= 11 is 0. The van der Waals surface area contributed by atoms with E-state index >= 15 is 0 Å². The Kier molecular flexibility index (Phi) is 4.33. The van der Waals surface area contributed by atoms with Crippen LogP contribution in [0.4, 0.5) is 0 Å². The molecule has 15 heavy (non-hydrogen) atoms. The van der Waals surface area contributed by atoms with Crippen molar-refractivity contribution in [2.24, 2.45) is 5.84 Å². The maximum absolute atomic E-state index is 11.4. The maximum Gasteiger partial charge on any atom is 0.251 e. The highest BCUT2D eigenvalue weighted by Gasteiger charge is 2.20. The van der Waals surface area contributed by atoms with E-state index in [2.05, 4.69) is 5.43 Å². The Balaban J connectivity index is 2.57. The van der Waals surface area contributed by atoms with E-state index in [0.717, 1.165) is 12.0 Å². The number of carbonyl (C=O) groups excluding carboxylic acids is 1. The van der Waals surface area contributed by atoms with Crippen LogP contribution in [0.5, 0.6) is 0 Å². The summed E-state index contributed by atoms with van der Waals surface area (Å²) in [6, 6.07) is 1.67. The van der Waals surface area contributed by atoms with Crippen LogP contribution >= 0.6 is 0 Å². The molecule has 3 N–H and O–H groups in total. The van der Waals surface area contributed by atoms with Gasteiger partial charge in [0.25, 0.3) is 5.91 Å². The maximum atomic E-state index is 11.4. The van der Waals surface area contributed by atoms with Crippen molar-refractivity contribution < 1.29 is 9.21 Å². The first-order valence-electron chi connectivity index (χ1n) is 4.90. The molecule has 84 valence electrons. The summed E-state index contributed by atoms with van der Waals surface area (Å²) in [6.07, 6.45) is 4.01. The fraction of sp³-hybridized carbons (Fsp3) is 0.500. The number of hydrogen-bond acceptors (Lipinski definition) is 4. The molecule has 0 spiro atoms. The first-order chi connectivity index (χ1) is 7.19. The van der Waals surface area contributed by atoms with Crippen LogP contribution in [-0.2, 0) is 11.3 Å². The zero-order valence-electron chi connectivity index (χ0n) is 9.06. The number of nitrogens with two attached hydrogens (primary N) is 1. The largest absolute Gasteiger partial charge is 0.472 e. The van der Waals surface area contributed by atoms with Gasteiger partial charge in [-0.1, -0.05) is 6.92 Å². The zero-order valence-corrected chi connectivity index (χ0v) is 9.06. The minimum absolute atomic E-state index is 0.163. The number of likely N-dealkylation sites (N-methyl/N-ethyl adjacent to an activating group) is 1. The molecular formula is C10H17N3O2. The van der Waals surface area contributed by atoms with Gasteiger partial charge in [-0.05, 0) is 19.5 Å². The first-order valence-corrected chi connectivity index (χ1v) is 4.90. The fourth-order valence-electron chi connectivity index (χ4n) is 1.57. The molecule has 5 nitrogen and oxygen atoms in total. The molecular weight excluding hydrogens is 194 g/mol. The van der Waals surface area contributed by atoms with Gasteiger partial charge in [-0.3, -0.25) is 15.1 Å². The van der Waals surface area contributed by atoms with E-state index in [9.17, 15) is 4.79 Å². The second-order valence-electron chi connectivity index (χ2n) is 3.48. The Morgan fingerprint density at radius 3 is 2.93 bits per heavy atom. The molecule has 1 aromatic heterocycles. The van der Waals surface area contributed by atoms with Crippen molar-refractivity contribution in [2.75, 3.05) is 7.05 Å². The van der Waals surface area contributed by atoms with Crippen LogP contribution in [0.2, 0.25) is 0 Å². The average Bonchev–Trinajstić information content (AvgIpc) is 2.71. The van der Waals surface area contributed by atoms with Gasteiger partial charge >= 0.3 is 0 Å². The molecule has 5 heteroatoms. The lowest BCUT2D eigenvalue weighted by Crippen LogP contribution is -2.46. The SMILES string of the molecule is CCC(C(=O)NN)N(C)Cc1ccoc1. The third kappa shape index (κ3) is 3.07. The lowest BCUT2D eigenvalue weighted by Gasteiger charge is -2.24. The van der Waals surface area contributed by atoms with E-state index in [-0.39, 0.29) is 11.9 Å². The highest BCUT2D eigenvalue weighted by atomic mass is 16.3. The van der Waals surface area contributed by atoms with Crippen molar-refractivity contribution in [1.82, 2.24) is 10.3 Å². The van der Waals surface area contributed by atoms with E-state index in [1.165, 1.54) is 0 Å². The van der Waals surface area contributed by atoms with Crippen LogP contribution in [0.3, 0.4) is 0 Å². The standard InChI is InChI=1S/C10H17N3O2/c1-3-9(10(14)12-11)13(2)6-8-4-5-15-7-8/h4-5,7,9H,3,6,11H2,1-2H3,(H,12,14). The van der Waals surface area contributed by atoms with Crippen LogP contribution in [-0.4, -0.2) is 23.9 Å². The molecule has 1 heterocycles. The number of nitrogens with one attached hydrogen (secondary N) is 1. The summed E-state index contributed by atoms with van der Waals surface area (Å²) in [5.74, 6) is 4.95. The number of amides is 1. The molecule has 1 rings (SSSR count). The highest BCUT2D eigenvalue weighted by Crippen LogP contribution is 2.09. The Bertz CT molecular complexity index is 298. The second kappa shape index (κ2) is 5.53. The average molecular weight is 211 g/mol. The topological polar surface area (TPSA) is 71.5 Å². The smallest absolute Gasteiger partial charge is 0.251 e. The van der Waals surface area contributed by atoms with Crippen molar-refractivity contribution in [1.29, 1.82) is 0 Å². The Morgan fingerprint density at radius 1 is 1.73 bits per heavy atom. The summed E-state index contributed by atoms with van der Waals surface area (Å²) in [6.45, 7) is 2.62. The fourth-order valence-corrected chi connectivity index (χ4v) is 1.57. The molecule has 0 bridgehead atoms. The molecule has 0 aliphatic heterocycles. The van der Waals surface area contributed by atoms with Crippen molar-refractivity contribution >= 4 is 5.91 Å². The third-order valence-electron chi connectivity index (χ3n) is 2.38. The Hall–Kier alpha value is -1.33. The van der Waals surface area contributed by atoms with Gasteiger partial charge in [-0.2, -0.15) is 0 Å². The van der Waals surface area contributed by atoms with E-state index in [0.29, 0.717) is 6.54 Å². The Morgan fingerprint density at radius 2 is 2.47 bits per heavy atom. The van der Waals surface area contributed by atoms with Gasteiger partial charge in [-0.25, -0.2) is 5.84 Å². The first kappa shape index (κ1) is 11.7. The second-order valence-corrected chi connectivity index (χ2v) is 3.48. The van der Waals surface area contributed by atoms with Gasteiger partial charge in [0.1, 0.15) is 0 Å².